The zero-order valence-corrected chi connectivity index (χ0v) is 14.6. The zero-order chi connectivity index (χ0) is 17.9. The maximum Gasteiger partial charge on any atom is 0.335 e. The van der Waals surface area contributed by atoms with Crippen molar-refractivity contribution in [2.45, 2.75) is 37.1 Å². The Morgan fingerprint density at radius 1 is 1.21 bits per heavy atom. The number of methoxy groups -OCH3 is 1. The minimum absolute atomic E-state index is 0.170. The Balaban J connectivity index is 2.22. The third-order valence-corrected chi connectivity index (χ3v) is 5.77. The highest BCUT2D eigenvalue weighted by molar-refractivity contribution is 7.94. The molecule has 2 rings (SSSR count). The van der Waals surface area contributed by atoms with Crippen LogP contribution >= 0.6 is 0 Å². The minimum atomic E-state index is -3.62. The molecule has 1 N–H and O–H groups in total. The number of rotatable bonds is 4. The van der Waals surface area contributed by atoms with Crippen LogP contribution in [0, 0.1) is 11.8 Å². The molecular formula is C17H22O6S. The Morgan fingerprint density at radius 2 is 1.83 bits per heavy atom. The van der Waals surface area contributed by atoms with Crippen LogP contribution in [0.1, 0.15) is 13.8 Å². The fraction of sp³-hybridized carbons (Fsp3) is 0.471. The van der Waals surface area contributed by atoms with E-state index in [1.165, 1.54) is 25.3 Å². The van der Waals surface area contributed by atoms with Crippen molar-refractivity contribution in [3.8, 4) is 0 Å². The van der Waals surface area contributed by atoms with Gasteiger partial charge in [0.25, 0.3) is 0 Å². The molecule has 0 aliphatic carbocycles. The number of sulfone groups is 1. The molecule has 0 radical (unpaired) electrons. The Kier molecular flexibility index (Phi) is 5.79. The van der Waals surface area contributed by atoms with Crippen molar-refractivity contribution in [3.63, 3.8) is 0 Å². The number of hydrogen-bond donors (Lipinski definition) is 1. The molecule has 1 heterocycles. The van der Waals surface area contributed by atoms with Crippen LogP contribution in [0.5, 0.6) is 0 Å². The van der Waals surface area contributed by atoms with Crippen molar-refractivity contribution < 1.29 is 27.8 Å². The van der Waals surface area contributed by atoms with Gasteiger partial charge in [-0.05, 0) is 18.2 Å². The van der Waals surface area contributed by atoms with E-state index in [1.807, 2.05) is 0 Å². The van der Waals surface area contributed by atoms with Crippen molar-refractivity contribution >= 4 is 15.8 Å². The molecule has 1 aliphatic rings. The fourth-order valence-corrected chi connectivity index (χ4v) is 3.80. The van der Waals surface area contributed by atoms with Gasteiger partial charge in [-0.3, -0.25) is 0 Å². The second-order valence-corrected chi connectivity index (χ2v) is 7.77. The van der Waals surface area contributed by atoms with Crippen LogP contribution in [0.3, 0.4) is 0 Å². The summed E-state index contributed by atoms with van der Waals surface area (Å²) in [4.78, 5) is 12.0. The van der Waals surface area contributed by atoms with Crippen molar-refractivity contribution in [3.05, 3.63) is 41.8 Å². The maximum absolute atomic E-state index is 12.3. The summed E-state index contributed by atoms with van der Waals surface area (Å²) in [7, 11) is -2.37. The molecule has 0 saturated carbocycles. The second kappa shape index (κ2) is 7.46. The first-order chi connectivity index (χ1) is 11.3. The lowest BCUT2D eigenvalue weighted by atomic mass is 9.83. The summed E-state index contributed by atoms with van der Waals surface area (Å²) in [6.07, 6.45) is -1.08. The fourth-order valence-electron chi connectivity index (χ4n) is 2.75. The van der Waals surface area contributed by atoms with Gasteiger partial charge in [-0.25, -0.2) is 13.2 Å². The average Bonchev–Trinajstić information content (AvgIpc) is 2.59. The first kappa shape index (κ1) is 18.6. The Bertz CT molecular complexity index is 697. The number of carbonyl (C=O) groups is 1. The van der Waals surface area contributed by atoms with Gasteiger partial charge in [-0.2, -0.15) is 0 Å². The van der Waals surface area contributed by atoms with E-state index >= 15 is 0 Å². The molecule has 1 unspecified atom stereocenters. The van der Waals surface area contributed by atoms with Gasteiger partial charge in [0.05, 0.1) is 24.2 Å². The van der Waals surface area contributed by atoms with Gasteiger partial charge in [-0.15, -0.1) is 0 Å². The van der Waals surface area contributed by atoms with Crippen LogP contribution < -0.4 is 0 Å². The maximum atomic E-state index is 12.3. The van der Waals surface area contributed by atoms with Crippen LogP contribution in [0.25, 0.3) is 0 Å². The van der Waals surface area contributed by atoms with Gasteiger partial charge in [0.1, 0.15) is 0 Å². The van der Waals surface area contributed by atoms with Crippen molar-refractivity contribution in [1.82, 2.24) is 0 Å². The van der Waals surface area contributed by atoms with E-state index in [1.54, 1.807) is 32.0 Å². The largest absolute Gasteiger partial charge is 0.467 e. The number of aliphatic hydroxyl groups is 1. The summed E-state index contributed by atoms with van der Waals surface area (Å²) in [6, 6.07) is 8.00. The Hall–Kier alpha value is -1.70. The van der Waals surface area contributed by atoms with Crippen LogP contribution in [0.4, 0.5) is 0 Å². The van der Waals surface area contributed by atoms with Crippen LogP contribution in [-0.2, 0) is 24.1 Å². The first-order valence-corrected chi connectivity index (χ1v) is 9.22. The number of carbonyl (C=O) groups excluding carboxylic acids is 1. The normalized spacial score (nSPS) is 31.1. The Morgan fingerprint density at radius 3 is 2.42 bits per heavy atom. The molecule has 5 atom stereocenters. The monoisotopic (exact) mass is 354 g/mol. The van der Waals surface area contributed by atoms with Gasteiger partial charge in [0.15, 0.2) is 15.9 Å². The second-order valence-electron chi connectivity index (χ2n) is 5.94. The van der Waals surface area contributed by atoms with Gasteiger partial charge < -0.3 is 14.6 Å². The summed E-state index contributed by atoms with van der Waals surface area (Å²) in [5, 5.41) is 11.4. The summed E-state index contributed by atoms with van der Waals surface area (Å²) < 4.78 is 35.0. The number of aliphatic hydroxyl groups excluding tert-OH is 1. The van der Waals surface area contributed by atoms with E-state index in [0.717, 1.165) is 5.41 Å². The predicted octanol–water partition coefficient (Wildman–Crippen LogP) is 1.55. The molecule has 24 heavy (non-hydrogen) atoms. The molecule has 0 bridgehead atoms. The van der Waals surface area contributed by atoms with E-state index < -0.39 is 40.0 Å². The molecule has 0 aromatic heterocycles. The van der Waals surface area contributed by atoms with Gasteiger partial charge in [-0.1, -0.05) is 32.0 Å². The smallest absolute Gasteiger partial charge is 0.335 e. The number of benzene rings is 1. The molecule has 0 spiro atoms. The van der Waals surface area contributed by atoms with Gasteiger partial charge >= 0.3 is 5.97 Å². The molecular weight excluding hydrogens is 332 g/mol. The van der Waals surface area contributed by atoms with E-state index in [-0.39, 0.29) is 10.8 Å². The molecule has 0 amide bonds. The highest BCUT2D eigenvalue weighted by atomic mass is 32.2. The van der Waals surface area contributed by atoms with E-state index in [9.17, 15) is 18.3 Å². The molecule has 1 aromatic rings. The zero-order valence-electron chi connectivity index (χ0n) is 13.8. The third-order valence-electron chi connectivity index (χ3n) is 4.33. The first-order valence-electron chi connectivity index (χ1n) is 7.67. The molecule has 132 valence electrons. The van der Waals surface area contributed by atoms with Crippen LogP contribution in [0.15, 0.2) is 46.7 Å². The summed E-state index contributed by atoms with van der Waals surface area (Å²) in [6.45, 7) is 3.45. The van der Waals surface area contributed by atoms with Gasteiger partial charge in [0.2, 0.25) is 0 Å². The molecule has 1 fully saturated rings. The Labute approximate surface area is 142 Å². The van der Waals surface area contributed by atoms with Crippen molar-refractivity contribution in [1.29, 1.82) is 0 Å². The standard InChI is InChI=1S/C17H22O6S/c1-11-14(23-16(17(19)22-3)12(2)15(11)18)9-10-24(20,21)13-7-5-4-6-8-13/h4-12,14-16,18H,1-3H3/b10-9+/t11-,12-,14?,15-,16+/m0/s1. The van der Waals surface area contributed by atoms with Crippen LogP contribution in [0.2, 0.25) is 0 Å². The van der Waals surface area contributed by atoms with E-state index in [0.29, 0.717) is 0 Å². The number of esters is 1. The van der Waals surface area contributed by atoms with Crippen LogP contribution in [-0.4, -0.2) is 44.9 Å². The van der Waals surface area contributed by atoms with Gasteiger partial charge in [0, 0.05) is 17.2 Å². The lowest BCUT2D eigenvalue weighted by Gasteiger charge is -2.40. The lowest BCUT2D eigenvalue weighted by Crippen LogP contribution is -2.51. The molecule has 1 aromatic carbocycles. The SMILES string of the molecule is COC(=O)[C@@H]1OC(/C=C/S(=O)(=O)c2ccccc2)[C@H](C)[C@H](O)[C@@H]1C. The summed E-state index contributed by atoms with van der Waals surface area (Å²) >= 11 is 0. The summed E-state index contributed by atoms with van der Waals surface area (Å²) in [5.41, 5.74) is 0. The molecule has 7 heteroatoms. The minimum Gasteiger partial charge on any atom is -0.467 e. The summed E-state index contributed by atoms with van der Waals surface area (Å²) in [5.74, 6) is -1.39. The van der Waals surface area contributed by atoms with E-state index in [2.05, 4.69) is 4.74 Å². The topological polar surface area (TPSA) is 89.9 Å². The molecule has 1 saturated heterocycles. The average molecular weight is 354 g/mol. The third kappa shape index (κ3) is 3.85. The molecule has 1 aliphatic heterocycles. The van der Waals surface area contributed by atoms with Crippen molar-refractivity contribution in [2.75, 3.05) is 7.11 Å². The van der Waals surface area contributed by atoms with Crippen molar-refractivity contribution in [2.24, 2.45) is 11.8 Å². The quantitative estimate of drug-likeness (QED) is 0.825. The number of ether oxygens (including phenoxy) is 2. The molecule has 6 nitrogen and oxygen atoms in total. The van der Waals surface area contributed by atoms with E-state index in [4.69, 9.17) is 4.74 Å². The lowest BCUT2D eigenvalue weighted by molar-refractivity contribution is -0.185. The predicted molar refractivity (Wildman–Crippen MR) is 87.8 cm³/mol. The highest BCUT2D eigenvalue weighted by Crippen LogP contribution is 2.31. The highest BCUT2D eigenvalue weighted by Gasteiger charge is 2.43. The number of hydrogen-bond acceptors (Lipinski definition) is 6.